The van der Waals surface area contributed by atoms with Crippen molar-refractivity contribution >= 4 is 11.9 Å². The van der Waals surface area contributed by atoms with Crippen molar-refractivity contribution in [3.05, 3.63) is 60.2 Å². The SMILES string of the molecule is C=C(C)C(=O)OC(C)(O)C(O)(OC(=O)C(=C)C)c1ccccc1. The second kappa shape index (κ2) is 6.76. The van der Waals surface area contributed by atoms with Crippen LogP contribution in [0.3, 0.4) is 0 Å². The average molecular weight is 320 g/mol. The molecule has 2 atom stereocenters. The number of rotatable bonds is 6. The zero-order chi connectivity index (χ0) is 17.8. The lowest BCUT2D eigenvalue weighted by Crippen LogP contribution is -2.55. The molecule has 0 aliphatic heterocycles. The topological polar surface area (TPSA) is 93.1 Å². The van der Waals surface area contributed by atoms with Crippen LogP contribution < -0.4 is 0 Å². The van der Waals surface area contributed by atoms with Gasteiger partial charge in [-0.1, -0.05) is 43.5 Å². The summed E-state index contributed by atoms with van der Waals surface area (Å²) in [6.45, 7) is 10.6. The molecule has 0 saturated carbocycles. The minimum Gasteiger partial charge on any atom is -0.422 e. The Morgan fingerprint density at radius 3 is 1.83 bits per heavy atom. The van der Waals surface area contributed by atoms with Gasteiger partial charge in [-0.3, -0.25) is 0 Å². The summed E-state index contributed by atoms with van der Waals surface area (Å²) in [7, 11) is 0. The fourth-order valence-corrected chi connectivity index (χ4v) is 1.64. The summed E-state index contributed by atoms with van der Waals surface area (Å²) >= 11 is 0. The first-order valence-corrected chi connectivity index (χ1v) is 6.79. The molecule has 0 aliphatic rings. The van der Waals surface area contributed by atoms with Crippen LogP contribution in [-0.2, 0) is 24.8 Å². The van der Waals surface area contributed by atoms with E-state index in [0.29, 0.717) is 0 Å². The molecule has 1 rings (SSSR count). The molecule has 0 fully saturated rings. The first kappa shape index (κ1) is 18.6. The Morgan fingerprint density at radius 1 is 0.957 bits per heavy atom. The summed E-state index contributed by atoms with van der Waals surface area (Å²) in [4.78, 5) is 23.6. The van der Waals surface area contributed by atoms with Crippen LogP contribution in [0.15, 0.2) is 54.6 Å². The molecule has 1 aromatic rings. The molecule has 6 heteroatoms. The van der Waals surface area contributed by atoms with E-state index >= 15 is 0 Å². The van der Waals surface area contributed by atoms with E-state index in [0.717, 1.165) is 6.92 Å². The number of hydrogen-bond donors (Lipinski definition) is 2. The highest BCUT2D eigenvalue weighted by molar-refractivity contribution is 5.88. The van der Waals surface area contributed by atoms with Gasteiger partial charge in [-0.2, -0.15) is 0 Å². The first-order valence-electron chi connectivity index (χ1n) is 6.79. The van der Waals surface area contributed by atoms with E-state index in [1.54, 1.807) is 18.2 Å². The summed E-state index contributed by atoms with van der Waals surface area (Å²) in [5.74, 6) is -7.09. The van der Waals surface area contributed by atoms with Crippen molar-refractivity contribution in [2.75, 3.05) is 0 Å². The Hall–Kier alpha value is -2.44. The molecule has 0 saturated heterocycles. The van der Waals surface area contributed by atoms with Gasteiger partial charge in [0.1, 0.15) is 0 Å². The second-order valence-corrected chi connectivity index (χ2v) is 5.33. The monoisotopic (exact) mass is 320 g/mol. The largest absolute Gasteiger partial charge is 0.422 e. The maximum atomic E-state index is 11.8. The summed E-state index contributed by atoms with van der Waals surface area (Å²) in [5, 5.41) is 21.3. The number of hydrogen-bond acceptors (Lipinski definition) is 6. The summed E-state index contributed by atoms with van der Waals surface area (Å²) in [5.41, 5.74) is 0.0300. The Labute approximate surface area is 134 Å². The smallest absolute Gasteiger partial charge is 0.336 e. The highest BCUT2D eigenvalue weighted by Crippen LogP contribution is 2.36. The lowest BCUT2D eigenvalue weighted by molar-refractivity contribution is -0.360. The maximum absolute atomic E-state index is 11.8. The van der Waals surface area contributed by atoms with Crippen LogP contribution in [0.5, 0.6) is 0 Å². The lowest BCUT2D eigenvalue weighted by atomic mass is 9.97. The molecule has 0 bridgehead atoms. The number of ether oxygens (including phenoxy) is 2. The number of carbonyl (C=O) groups excluding carboxylic acids is 2. The Kier molecular flexibility index (Phi) is 5.47. The third kappa shape index (κ3) is 4.06. The molecule has 0 heterocycles. The van der Waals surface area contributed by atoms with Crippen LogP contribution in [0.4, 0.5) is 0 Å². The van der Waals surface area contributed by atoms with Gasteiger partial charge in [0.05, 0.1) is 0 Å². The van der Waals surface area contributed by atoms with E-state index < -0.39 is 23.5 Å². The van der Waals surface area contributed by atoms with Crippen molar-refractivity contribution in [3.8, 4) is 0 Å². The zero-order valence-electron chi connectivity index (χ0n) is 13.3. The molecule has 2 unspecified atom stereocenters. The molecule has 0 aliphatic carbocycles. The Morgan fingerprint density at radius 2 is 1.39 bits per heavy atom. The normalized spacial score (nSPS) is 15.7. The van der Waals surface area contributed by atoms with Gasteiger partial charge in [0.15, 0.2) is 0 Å². The number of esters is 2. The lowest BCUT2D eigenvalue weighted by Gasteiger charge is -2.39. The highest BCUT2D eigenvalue weighted by Gasteiger charge is 2.54. The van der Waals surface area contributed by atoms with E-state index in [-0.39, 0.29) is 16.7 Å². The summed E-state index contributed by atoms with van der Waals surface area (Å²) in [6, 6.07) is 7.61. The summed E-state index contributed by atoms with van der Waals surface area (Å²) in [6.07, 6.45) is 0. The zero-order valence-corrected chi connectivity index (χ0v) is 13.3. The first-order chi connectivity index (χ1) is 10.5. The minimum atomic E-state index is -2.63. The van der Waals surface area contributed by atoms with Crippen molar-refractivity contribution in [1.82, 2.24) is 0 Å². The van der Waals surface area contributed by atoms with Gasteiger partial charge in [-0.05, 0) is 13.8 Å². The highest BCUT2D eigenvalue weighted by atomic mass is 16.7. The molecule has 0 radical (unpaired) electrons. The standard InChI is InChI=1S/C17H20O6/c1-11(2)14(18)22-16(5,20)17(21,23-15(19)12(3)4)13-9-7-6-8-10-13/h6-10,20-21H,1,3H2,2,4-5H3. The van der Waals surface area contributed by atoms with Gasteiger partial charge in [0.2, 0.25) is 0 Å². The molecule has 124 valence electrons. The second-order valence-electron chi connectivity index (χ2n) is 5.33. The maximum Gasteiger partial charge on any atom is 0.336 e. The third-order valence-electron chi connectivity index (χ3n) is 3.02. The van der Waals surface area contributed by atoms with E-state index in [1.807, 2.05) is 0 Å². The predicted octanol–water partition coefficient (Wildman–Crippen LogP) is 1.78. The molecule has 0 spiro atoms. The molecule has 1 aromatic carbocycles. The van der Waals surface area contributed by atoms with Gasteiger partial charge in [0, 0.05) is 23.6 Å². The Balaban J connectivity index is 3.33. The van der Waals surface area contributed by atoms with Gasteiger partial charge in [-0.15, -0.1) is 0 Å². The molecule has 0 aromatic heterocycles. The van der Waals surface area contributed by atoms with Crippen molar-refractivity contribution in [1.29, 1.82) is 0 Å². The predicted molar refractivity (Wildman–Crippen MR) is 82.8 cm³/mol. The molecule has 0 amide bonds. The fraction of sp³-hybridized carbons (Fsp3) is 0.294. The molecular formula is C17H20O6. The third-order valence-corrected chi connectivity index (χ3v) is 3.02. The van der Waals surface area contributed by atoms with Crippen LogP contribution in [0.25, 0.3) is 0 Å². The van der Waals surface area contributed by atoms with Gasteiger partial charge in [-0.25, -0.2) is 9.59 Å². The van der Waals surface area contributed by atoms with Crippen molar-refractivity contribution in [2.45, 2.75) is 32.3 Å². The van der Waals surface area contributed by atoms with Crippen molar-refractivity contribution in [2.24, 2.45) is 0 Å². The van der Waals surface area contributed by atoms with Crippen LogP contribution >= 0.6 is 0 Å². The van der Waals surface area contributed by atoms with E-state index in [1.165, 1.54) is 26.0 Å². The summed E-state index contributed by atoms with van der Waals surface area (Å²) < 4.78 is 9.85. The molecule has 6 nitrogen and oxygen atoms in total. The molecular weight excluding hydrogens is 300 g/mol. The average Bonchev–Trinajstić information content (AvgIpc) is 2.47. The van der Waals surface area contributed by atoms with Crippen molar-refractivity contribution in [3.63, 3.8) is 0 Å². The van der Waals surface area contributed by atoms with E-state index in [2.05, 4.69) is 13.2 Å². The van der Waals surface area contributed by atoms with E-state index in [4.69, 9.17) is 9.47 Å². The van der Waals surface area contributed by atoms with Gasteiger partial charge >= 0.3 is 17.7 Å². The van der Waals surface area contributed by atoms with Gasteiger partial charge < -0.3 is 19.7 Å². The molecule has 23 heavy (non-hydrogen) atoms. The van der Waals surface area contributed by atoms with Crippen LogP contribution in [0.1, 0.15) is 26.3 Å². The van der Waals surface area contributed by atoms with E-state index in [9.17, 15) is 19.8 Å². The number of carbonyl (C=O) groups is 2. The fourth-order valence-electron chi connectivity index (χ4n) is 1.64. The Bertz CT molecular complexity index is 632. The van der Waals surface area contributed by atoms with Gasteiger partial charge in [0.25, 0.3) is 5.79 Å². The number of benzene rings is 1. The van der Waals surface area contributed by atoms with Crippen molar-refractivity contribution < 1.29 is 29.3 Å². The quantitative estimate of drug-likeness (QED) is 0.471. The number of aliphatic hydroxyl groups is 2. The minimum absolute atomic E-state index is 0.00128. The van der Waals surface area contributed by atoms with Crippen LogP contribution in [-0.4, -0.2) is 27.9 Å². The molecule has 2 N–H and O–H groups in total. The van der Waals surface area contributed by atoms with Crippen LogP contribution in [0, 0.1) is 0 Å². The van der Waals surface area contributed by atoms with Crippen LogP contribution in [0.2, 0.25) is 0 Å².